The van der Waals surface area contributed by atoms with Crippen molar-refractivity contribution < 1.29 is 38.4 Å². The highest BCUT2D eigenvalue weighted by atomic mass is 16.6. The zero-order valence-electron chi connectivity index (χ0n) is 23.1. The van der Waals surface area contributed by atoms with Gasteiger partial charge in [-0.15, -0.1) is 0 Å². The molecular weight excluding hydrogens is 526 g/mol. The molecule has 0 aliphatic carbocycles. The van der Waals surface area contributed by atoms with Crippen molar-refractivity contribution in [1.82, 2.24) is 4.90 Å². The Morgan fingerprint density at radius 2 is 1.73 bits per heavy atom. The van der Waals surface area contributed by atoms with Gasteiger partial charge in [-0.2, -0.15) is 0 Å². The van der Waals surface area contributed by atoms with Crippen molar-refractivity contribution in [1.29, 1.82) is 0 Å². The zero-order chi connectivity index (χ0) is 28.8. The number of hydrogen-bond acceptors (Lipinski definition) is 8. The molecule has 3 aromatic carbocycles. The van der Waals surface area contributed by atoms with E-state index in [1.165, 1.54) is 4.90 Å². The van der Waals surface area contributed by atoms with Crippen molar-refractivity contribution in [2.45, 2.75) is 26.0 Å². The lowest BCUT2D eigenvalue weighted by Gasteiger charge is -2.26. The van der Waals surface area contributed by atoms with Crippen LogP contribution in [0, 0.1) is 0 Å². The normalized spacial score (nSPS) is 17.5. The molecule has 3 aromatic rings. The third-order valence-corrected chi connectivity index (χ3v) is 6.92. The highest BCUT2D eigenvalue weighted by Crippen LogP contribution is 2.43. The Hall–Kier alpha value is -4.50. The van der Waals surface area contributed by atoms with E-state index >= 15 is 0 Å². The van der Waals surface area contributed by atoms with Crippen molar-refractivity contribution in [2.75, 3.05) is 40.1 Å². The fraction of sp³-hybridized carbons (Fsp3) is 0.312. The Labute approximate surface area is 238 Å². The third kappa shape index (κ3) is 6.00. The average Bonchev–Trinajstić information content (AvgIpc) is 3.25. The van der Waals surface area contributed by atoms with Crippen LogP contribution in [0.1, 0.15) is 36.1 Å². The SMILES string of the molecule is CCOc1cc([C@H]2/C(=C(\O)c3ccc4c(c3)OCCO4)C(=O)C(=O)N2CCCOC)ccc1OCc1ccccc1. The van der Waals surface area contributed by atoms with Crippen LogP contribution in [-0.4, -0.2) is 61.8 Å². The molecule has 1 saturated heterocycles. The number of ketones is 1. The van der Waals surface area contributed by atoms with E-state index < -0.39 is 17.7 Å². The molecule has 1 N–H and O–H groups in total. The van der Waals surface area contributed by atoms with Crippen LogP contribution in [0.2, 0.25) is 0 Å². The van der Waals surface area contributed by atoms with Crippen LogP contribution < -0.4 is 18.9 Å². The highest BCUT2D eigenvalue weighted by molar-refractivity contribution is 6.46. The molecule has 9 heteroatoms. The van der Waals surface area contributed by atoms with Gasteiger partial charge in [-0.25, -0.2) is 0 Å². The molecule has 214 valence electrons. The van der Waals surface area contributed by atoms with Crippen molar-refractivity contribution in [2.24, 2.45) is 0 Å². The summed E-state index contributed by atoms with van der Waals surface area (Å²) >= 11 is 0. The maximum Gasteiger partial charge on any atom is 0.295 e. The number of amides is 1. The lowest BCUT2D eigenvalue weighted by atomic mass is 9.94. The molecule has 2 aliphatic heterocycles. The molecule has 0 spiro atoms. The smallest absolute Gasteiger partial charge is 0.295 e. The van der Waals surface area contributed by atoms with Crippen molar-refractivity contribution >= 4 is 17.4 Å². The Kier molecular flexibility index (Phi) is 8.74. The summed E-state index contributed by atoms with van der Waals surface area (Å²) in [4.78, 5) is 28.2. The summed E-state index contributed by atoms with van der Waals surface area (Å²) in [5, 5.41) is 11.5. The molecule has 1 fully saturated rings. The van der Waals surface area contributed by atoms with Crippen molar-refractivity contribution in [3.05, 3.63) is 89.0 Å². The number of rotatable bonds is 11. The summed E-state index contributed by atoms with van der Waals surface area (Å²) in [6.45, 7) is 4.08. The predicted octanol–water partition coefficient (Wildman–Crippen LogP) is 4.89. The van der Waals surface area contributed by atoms with Gasteiger partial charge in [0.1, 0.15) is 25.6 Å². The van der Waals surface area contributed by atoms with Gasteiger partial charge in [0.05, 0.1) is 18.2 Å². The second kappa shape index (κ2) is 12.8. The number of benzene rings is 3. The van der Waals surface area contributed by atoms with E-state index in [0.29, 0.717) is 73.6 Å². The van der Waals surface area contributed by atoms with E-state index in [2.05, 4.69) is 0 Å². The molecule has 41 heavy (non-hydrogen) atoms. The number of ether oxygens (including phenoxy) is 5. The Morgan fingerprint density at radius 3 is 2.49 bits per heavy atom. The van der Waals surface area contributed by atoms with Crippen molar-refractivity contribution in [3.63, 3.8) is 0 Å². The first-order valence-electron chi connectivity index (χ1n) is 13.6. The van der Waals surface area contributed by atoms with Gasteiger partial charge in [0.15, 0.2) is 23.0 Å². The van der Waals surface area contributed by atoms with Crippen LogP contribution >= 0.6 is 0 Å². The topological polar surface area (TPSA) is 104 Å². The summed E-state index contributed by atoms with van der Waals surface area (Å²) in [5.74, 6) is 0.281. The monoisotopic (exact) mass is 559 g/mol. The zero-order valence-corrected chi connectivity index (χ0v) is 23.1. The fourth-order valence-corrected chi connectivity index (χ4v) is 5.00. The Morgan fingerprint density at radius 1 is 0.951 bits per heavy atom. The molecule has 0 unspecified atom stereocenters. The molecule has 1 atom stereocenters. The second-order valence-electron chi connectivity index (χ2n) is 9.61. The lowest BCUT2D eigenvalue weighted by molar-refractivity contribution is -0.140. The summed E-state index contributed by atoms with van der Waals surface area (Å²) in [5.41, 5.74) is 1.95. The number of Topliss-reactive ketones (excluding diaryl/α,β-unsaturated/α-hetero) is 1. The maximum absolute atomic E-state index is 13.4. The van der Waals surface area contributed by atoms with E-state index in [4.69, 9.17) is 23.7 Å². The number of likely N-dealkylation sites (tertiary alicyclic amines) is 1. The van der Waals surface area contributed by atoms with Crippen LogP contribution in [0.25, 0.3) is 5.76 Å². The molecule has 5 rings (SSSR count). The van der Waals surface area contributed by atoms with Gasteiger partial charge in [0, 0.05) is 25.8 Å². The molecule has 0 aromatic heterocycles. The van der Waals surface area contributed by atoms with Gasteiger partial charge < -0.3 is 33.7 Å². The summed E-state index contributed by atoms with van der Waals surface area (Å²) in [6.07, 6.45) is 0.515. The van der Waals surface area contributed by atoms with Crippen LogP contribution in [-0.2, 0) is 20.9 Å². The molecule has 0 saturated carbocycles. The minimum absolute atomic E-state index is 0.00972. The minimum atomic E-state index is -0.845. The van der Waals surface area contributed by atoms with Crippen LogP contribution in [0.15, 0.2) is 72.3 Å². The number of aliphatic hydroxyl groups is 1. The van der Waals surface area contributed by atoms with E-state index in [1.54, 1.807) is 43.5 Å². The quantitative estimate of drug-likeness (QED) is 0.153. The lowest BCUT2D eigenvalue weighted by Crippen LogP contribution is -2.31. The molecule has 2 heterocycles. The number of carbonyl (C=O) groups is 2. The Balaban J connectivity index is 1.55. The van der Waals surface area contributed by atoms with E-state index in [1.807, 2.05) is 37.3 Å². The van der Waals surface area contributed by atoms with E-state index in [-0.39, 0.29) is 17.9 Å². The van der Waals surface area contributed by atoms with Gasteiger partial charge in [-0.05, 0) is 54.8 Å². The summed E-state index contributed by atoms with van der Waals surface area (Å²) in [6, 6.07) is 19.2. The van der Waals surface area contributed by atoms with Gasteiger partial charge >= 0.3 is 0 Å². The van der Waals surface area contributed by atoms with Gasteiger partial charge in [-0.1, -0.05) is 36.4 Å². The van der Waals surface area contributed by atoms with Crippen molar-refractivity contribution in [3.8, 4) is 23.0 Å². The number of hydrogen-bond donors (Lipinski definition) is 1. The second-order valence-corrected chi connectivity index (χ2v) is 9.61. The molecule has 0 radical (unpaired) electrons. The summed E-state index contributed by atoms with van der Waals surface area (Å²) in [7, 11) is 1.58. The van der Waals surface area contributed by atoms with Crippen LogP contribution in [0.4, 0.5) is 0 Å². The van der Waals surface area contributed by atoms with E-state index in [9.17, 15) is 14.7 Å². The maximum atomic E-state index is 13.4. The first-order valence-corrected chi connectivity index (χ1v) is 13.6. The molecule has 9 nitrogen and oxygen atoms in total. The molecule has 0 bridgehead atoms. The number of methoxy groups -OCH3 is 1. The molecule has 1 amide bonds. The largest absolute Gasteiger partial charge is 0.507 e. The first kappa shape index (κ1) is 28.0. The van der Waals surface area contributed by atoms with E-state index in [0.717, 1.165) is 5.56 Å². The van der Waals surface area contributed by atoms with Gasteiger partial charge in [0.25, 0.3) is 11.7 Å². The van der Waals surface area contributed by atoms with Crippen LogP contribution in [0.3, 0.4) is 0 Å². The fourth-order valence-electron chi connectivity index (χ4n) is 5.00. The number of nitrogens with zero attached hydrogens (tertiary/aromatic N) is 1. The average molecular weight is 560 g/mol. The van der Waals surface area contributed by atoms with Gasteiger partial charge in [0.2, 0.25) is 0 Å². The third-order valence-electron chi connectivity index (χ3n) is 6.92. The van der Waals surface area contributed by atoms with Gasteiger partial charge in [-0.3, -0.25) is 9.59 Å². The first-order chi connectivity index (χ1) is 20.0. The molecular formula is C32H33NO8. The number of aliphatic hydroxyl groups excluding tert-OH is 1. The van der Waals surface area contributed by atoms with Crippen LogP contribution in [0.5, 0.6) is 23.0 Å². The highest BCUT2D eigenvalue weighted by Gasteiger charge is 2.46. The predicted molar refractivity (Wildman–Crippen MR) is 151 cm³/mol. The number of carbonyl (C=O) groups excluding carboxylic acids is 2. The Bertz CT molecular complexity index is 1430. The number of fused-ring (bicyclic) bond motifs is 1. The molecule has 2 aliphatic rings. The summed E-state index contributed by atoms with van der Waals surface area (Å²) < 4.78 is 28.4. The minimum Gasteiger partial charge on any atom is -0.507 e. The standard InChI is InChI=1S/C32H33NO8/c1-3-38-26-18-22(10-12-25(26)41-20-21-8-5-4-6-9-21)29-28(31(35)32(36)33(29)14-7-15-37-2)30(34)23-11-13-24-27(19-23)40-17-16-39-24/h4-6,8-13,18-19,29,34H,3,7,14-17,20H2,1-2H3/b30-28+/t29-/m0/s1.